The van der Waals surface area contributed by atoms with Crippen LogP contribution in [0, 0.1) is 31.1 Å². The molecule has 1 fully saturated rings. The van der Waals surface area contributed by atoms with Crippen molar-refractivity contribution in [2.45, 2.75) is 32.7 Å². The highest BCUT2D eigenvalue weighted by Crippen LogP contribution is 2.27. The molecule has 5 rings (SSSR count). The van der Waals surface area contributed by atoms with Crippen LogP contribution in [0.3, 0.4) is 0 Å². The second-order valence-corrected chi connectivity index (χ2v) is 10.6. The normalized spacial score (nSPS) is 17.2. The quantitative estimate of drug-likeness (QED) is 0.313. The minimum atomic E-state index is -0.164. The van der Waals surface area contributed by atoms with Gasteiger partial charge < -0.3 is 19.7 Å². The number of carbonyl (C=O) groups is 2. The SMILES string of the molecule is C#Cc1ccc(OC2=CCC(C(=O)N3CCC(Cn4cc5c(C)c(C(=O)NCCOC)ccc5n4)CC3)C=C2)cc1. The van der Waals surface area contributed by atoms with Gasteiger partial charge in [-0.15, -0.1) is 6.42 Å². The van der Waals surface area contributed by atoms with Crippen LogP contribution in [0.25, 0.3) is 10.9 Å². The molecule has 8 heteroatoms. The van der Waals surface area contributed by atoms with Gasteiger partial charge in [0.1, 0.15) is 11.5 Å². The molecule has 2 aromatic carbocycles. The number of nitrogens with zero attached hydrogens (tertiary/aromatic N) is 3. The van der Waals surface area contributed by atoms with Gasteiger partial charge in [-0.3, -0.25) is 14.3 Å². The molecule has 3 aromatic rings. The van der Waals surface area contributed by atoms with Gasteiger partial charge in [0.05, 0.1) is 18.0 Å². The molecule has 0 radical (unpaired) electrons. The lowest BCUT2D eigenvalue weighted by atomic mass is 9.93. The third-order valence-corrected chi connectivity index (χ3v) is 7.85. The molecule has 1 aliphatic carbocycles. The van der Waals surface area contributed by atoms with Crippen LogP contribution in [-0.4, -0.2) is 59.8 Å². The first-order valence-electron chi connectivity index (χ1n) is 14.1. The summed E-state index contributed by atoms with van der Waals surface area (Å²) in [6, 6.07) is 11.1. The van der Waals surface area contributed by atoms with Crippen LogP contribution in [0.4, 0.5) is 0 Å². The largest absolute Gasteiger partial charge is 0.458 e. The molecule has 41 heavy (non-hydrogen) atoms. The summed E-state index contributed by atoms with van der Waals surface area (Å²) in [4.78, 5) is 27.8. The van der Waals surface area contributed by atoms with Crippen LogP contribution in [0.15, 0.2) is 66.6 Å². The van der Waals surface area contributed by atoms with Crippen molar-refractivity contribution >= 4 is 22.7 Å². The van der Waals surface area contributed by atoms with Gasteiger partial charge in [-0.1, -0.05) is 12.0 Å². The van der Waals surface area contributed by atoms with Crippen molar-refractivity contribution < 1.29 is 19.1 Å². The number of aromatic nitrogens is 2. The molecule has 1 atom stereocenters. The summed E-state index contributed by atoms with van der Waals surface area (Å²) in [5.74, 6) is 4.39. The highest BCUT2D eigenvalue weighted by atomic mass is 16.5. The van der Waals surface area contributed by atoms with E-state index in [9.17, 15) is 9.59 Å². The first-order chi connectivity index (χ1) is 19.9. The third kappa shape index (κ3) is 6.69. The molecule has 1 aromatic heterocycles. The Bertz CT molecular complexity index is 1500. The van der Waals surface area contributed by atoms with E-state index < -0.39 is 0 Å². The Morgan fingerprint density at radius 2 is 1.93 bits per heavy atom. The van der Waals surface area contributed by atoms with E-state index in [4.69, 9.17) is 21.0 Å². The topological polar surface area (TPSA) is 85.7 Å². The van der Waals surface area contributed by atoms with E-state index in [0.29, 0.717) is 31.1 Å². The number of hydrogen-bond acceptors (Lipinski definition) is 5. The average molecular weight is 553 g/mol. The summed E-state index contributed by atoms with van der Waals surface area (Å²) >= 11 is 0. The second-order valence-electron chi connectivity index (χ2n) is 10.6. The van der Waals surface area contributed by atoms with Crippen molar-refractivity contribution in [1.82, 2.24) is 20.0 Å². The van der Waals surface area contributed by atoms with Gasteiger partial charge in [0, 0.05) is 56.0 Å². The number of piperidine rings is 1. The van der Waals surface area contributed by atoms with Gasteiger partial charge in [-0.05, 0) is 86.2 Å². The monoisotopic (exact) mass is 552 g/mol. The number of nitrogens with one attached hydrogen (secondary N) is 1. The number of aryl methyl sites for hydroxylation is 1. The Hall–Kier alpha value is -4.35. The number of ether oxygens (including phenoxy) is 2. The number of hydrogen-bond donors (Lipinski definition) is 1. The van der Waals surface area contributed by atoms with Crippen molar-refractivity contribution in [2.75, 3.05) is 33.4 Å². The van der Waals surface area contributed by atoms with Crippen molar-refractivity contribution in [2.24, 2.45) is 11.8 Å². The van der Waals surface area contributed by atoms with Gasteiger partial charge >= 0.3 is 0 Å². The fourth-order valence-corrected chi connectivity index (χ4v) is 5.43. The minimum Gasteiger partial charge on any atom is -0.458 e. The summed E-state index contributed by atoms with van der Waals surface area (Å²) in [5, 5.41) is 8.64. The molecular formula is C33H36N4O4. The number of likely N-dealkylation sites (tertiary alicyclic amines) is 1. The van der Waals surface area contributed by atoms with E-state index in [-0.39, 0.29) is 17.7 Å². The number of rotatable bonds is 9. The predicted octanol–water partition coefficient (Wildman–Crippen LogP) is 4.48. The molecule has 2 aliphatic rings. The Labute approximate surface area is 241 Å². The molecule has 1 aliphatic heterocycles. The molecule has 0 spiro atoms. The number of allylic oxidation sites excluding steroid dienone is 2. The van der Waals surface area contributed by atoms with Gasteiger partial charge in [0.25, 0.3) is 5.91 Å². The lowest BCUT2D eigenvalue weighted by molar-refractivity contribution is -0.135. The average Bonchev–Trinajstić information content (AvgIpc) is 3.42. The van der Waals surface area contributed by atoms with Crippen LogP contribution < -0.4 is 10.1 Å². The molecule has 1 unspecified atom stereocenters. The number of terminal acetylenes is 1. The molecule has 0 bridgehead atoms. The van der Waals surface area contributed by atoms with Crippen molar-refractivity contribution in [3.8, 4) is 18.1 Å². The molecule has 1 saturated heterocycles. The maximum Gasteiger partial charge on any atom is 0.251 e. The molecule has 2 heterocycles. The summed E-state index contributed by atoms with van der Waals surface area (Å²) in [5.41, 5.74) is 3.27. The van der Waals surface area contributed by atoms with E-state index in [1.165, 1.54) is 0 Å². The van der Waals surface area contributed by atoms with Crippen LogP contribution >= 0.6 is 0 Å². The summed E-state index contributed by atoms with van der Waals surface area (Å²) in [6.07, 6.45) is 15.7. The maximum absolute atomic E-state index is 13.2. The van der Waals surface area contributed by atoms with Crippen molar-refractivity contribution in [3.63, 3.8) is 0 Å². The van der Waals surface area contributed by atoms with Crippen LogP contribution in [-0.2, 0) is 16.1 Å². The molecular weight excluding hydrogens is 516 g/mol. The Morgan fingerprint density at radius 1 is 1.15 bits per heavy atom. The first kappa shape index (κ1) is 28.2. The lowest BCUT2D eigenvalue weighted by Crippen LogP contribution is -2.42. The van der Waals surface area contributed by atoms with Crippen LogP contribution in [0.1, 0.15) is 40.7 Å². The first-order valence-corrected chi connectivity index (χ1v) is 14.1. The van der Waals surface area contributed by atoms with Crippen LogP contribution in [0.5, 0.6) is 5.75 Å². The number of amides is 2. The van der Waals surface area contributed by atoms with Gasteiger partial charge in [-0.2, -0.15) is 5.10 Å². The smallest absolute Gasteiger partial charge is 0.251 e. The summed E-state index contributed by atoms with van der Waals surface area (Å²) in [7, 11) is 1.61. The maximum atomic E-state index is 13.2. The Morgan fingerprint density at radius 3 is 2.61 bits per heavy atom. The molecule has 1 N–H and O–H groups in total. The second kappa shape index (κ2) is 12.9. The fraction of sp³-hybridized carbons (Fsp3) is 0.364. The van der Waals surface area contributed by atoms with Gasteiger partial charge in [0.2, 0.25) is 5.91 Å². The highest BCUT2D eigenvalue weighted by molar-refractivity contribution is 6.00. The van der Waals surface area contributed by atoms with E-state index in [2.05, 4.69) is 11.2 Å². The molecule has 212 valence electrons. The zero-order valence-corrected chi connectivity index (χ0v) is 23.6. The molecule has 8 nitrogen and oxygen atoms in total. The van der Waals surface area contributed by atoms with Gasteiger partial charge in [0.15, 0.2) is 0 Å². The third-order valence-electron chi connectivity index (χ3n) is 7.85. The lowest BCUT2D eigenvalue weighted by Gasteiger charge is -2.34. The Kier molecular flexibility index (Phi) is 8.85. The molecule has 2 amide bonds. The van der Waals surface area contributed by atoms with E-state index in [0.717, 1.165) is 66.0 Å². The zero-order chi connectivity index (χ0) is 28.8. The van der Waals surface area contributed by atoms with E-state index >= 15 is 0 Å². The van der Waals surface area contributed by atoms with Crippen molar-refractivity contribution in [1.29, 1.82) is 0 Å². The molecule has 0 saturated carbocycles. The zero-order valence-electron chi connectivity index (χ0n) is 23.6. The van der Waals surface area contributed by atoms with Gasteiger partial charge in [-0.25, -0.2) is 0 Å². The number of fused-ring (bicyclic) bond motifs is 1. The predicted molar refractivity (Wildman–Crippen MR) is 158 cm³/mol. The summed E-state index contributed by atoms with van der Waals surface area (Å²) in [6.45, 7) is 5.19. The minimum absolute atomic E-state index is 0.103. The van der Waals surface area contributed by atoms with Crippen LogP contribution in [0.2, 0.25) is 0 Å². The number of benzene rings is 2. The summed E-state index contributed by atoms with van der Waals surface area (Å²) < 4.78 is 12.9. The van der Waals surface area contributed by atoms with Crippen molar-refractivity contribution in [3.05, 3.63) is 83.3 Å². The number of carbonyl (C=O) groups excluding carboxylic acids is 2. The number of methoxy groups -OCH3 is 1. The Balaban J connectivity index is 1.11. The standard InChI is InChI=1S/C33H36N4O4/c1-4-24-5-9-27(10-6-24)41-28-11-7-26(8-12-28)33(39)36-18-15-25(16-19-36)21-37-22-30-23(2)29(13-14-31(30)35-37)32(38)34-17-20-40-3/h1,5-7,9-14,22,25-26H,8,15-21H2,2-3H3,(H,34,38). The van der Waals surface area contributed by atoms with E-state index in [1.807, 2.05) is 77.3 Å². The van der Waals surface area contributed by atoms with E-state index in [1.54, 1.807) is 7.11 Å². The fourth-order valence-electron chi connectivity index (χ4n) is 5.43. The highest BCUT2D eigenvalue weighted by Gasteiger charge is 2.28.